The zero-order valence-corrected chi connectivity index (χ0v) is 12.2. The second-order valence-electron chi connectivity index (χ2n) is 5.04. The third kappa shape index (κ3) is 3.49. The number of nitrogens with one attached hydrogen (secondary N) is 2. The molecule has 1 aliphatic heterocycles. The minimum atomic E-state index is -0.291. The molecule has 20 heavy (non-hydrogen) atoms. The number of amides is 1. The van der Waals surface area contributed by atoms with Crippen molar-refractivity contribution in [3.63, 3.8) is 0 Å². The molecule has 0 radical (unpaired) electrons. The summed E-state index contributed by atoms with van der Waals surface area (Å²) in [5.41, 5.74) is 2.10. The van der Waals surface area contributed by atoms with Gasteiger partial charge in [0.2, 0.25) is 5.91 Å². The van der Waals surface area contributed by atoms with Crippen LogP contribution in [0.5, 0.6) is 5.75 Å². The molecule has 0 bridgehead atoms. The van der Waals surface area contributed by atoms with Crippen LogP contribution in [0, 0.1) is 6.92 Å². The summed E-state index contributed by atoms with van der Waals surface area (Å²) in [6.45, 7) is 5.72. The molecule has 1 aliphatic rings. The molecular weight excluding hydrogens is 256 g/mol. The van der Waals surface area contributed by atoms with E-state index in [1.165, 1.54) is 0 Å². The first-order valence-electron chi connectivity index (χ1n) is 6.88. The lowest BCUT2D eigenvalue weighted by Crippen LogP contribution is -2.55. The van der Waals surface area contributed by atoms with Crippen LogP contribution in [0.1, 0.15) is 18.1 Å². The second kappa shape index (κ2) is 6.72. The monoisotopic (exact) mass is 278 g/mol. The van der Waals surface area contributed by atoms with Gasteiger partial charge in [0.05, 0.1) is 19.8 Å². The van der Waals surface area contributed by atoms with Crippen molar-refractivity contribution >= 4 is 5.91 Å². The summed E-state index contributed by atoms with van der Waals surface area (Å²) in [5, 5.41) is 6.11. The molecule has 1 amide bonds. The maximum Gasteiger partial charge on any atom is 0.240 e. The van der Waals surface area contributed by atoms with Crippen molar-refractivity contribution in [2.75, 3.05) is 20.3 Å². The van der Waals surface area contributed by atoms with Gasteiger partial charge in [0.25, 0.3) is 0 Å². The molecule has 2 atom stereocenters. The van der Waals surface area contributed by atoms with E-state index < -0.39 is 0 Å². The van der Waals surface area contributed by atoms with Crippen LogP contribution in [-0.2, 0) is 16.1 Å². The van der Waals surface area contributed by atoms with E-state index >= 15 is 0 Å². The lowest BCUT2D eigenvalue weighted by Gasteiger charge is -2.29. The van der Waals surface area contributed by atoms with Gasteiger partial charge in [-0.25, -0.2) is 0 Å². The average molecular weight is 278 g/mol. The highest BCUT2D eigenvalue weighted by molar-refractivity contribution is 5.82. The van der Waals surface area contributed by atoms with E-state index in [1.54, 1.807) is 7.11 Å². The van der Waals surface area contributed by atoms with Gasteiger partial charge < -0.3 is 20.1 Å². The van der Waals surface area contributed by atoms with E-state index in [1.807, 2.05) is 32.0 Å². The van der Waals surface area contributed by atoms with Crippen molar-refractivity contribution in [2.24, 2.45) is 0 Å². The summed E-state index contributed by atoms with van der Waals surface area (Å²) in [7, 11) is 1.64. The molecule has 0 spiro atoms. The van der Waals surface area contributed by atoms with Crippen molar-refractivity contribution in [1.29, 1.82) is 0 Å². The van der Waals surface area contributed by atoms with Crippen molar-refractivity contribution in [1.82, 2.24) is 10.6 Å². The molecule has 1 aromatic carbocycles. The number of hydrogen-bond donors (Lipinski definition) is 2. The minimum absolute atomic E-state index is 0.0418. The van der Waals surface area contributed by atoms with E-state index in [4.69, 9.17) is 9.47 Å². The summed E-state index contributed by atoms with van der Waals surface area (Å²) >= 11 is 0. The predicted molar refractivity (Wildman–Crippen MR) is 76.8 cm³/mol. The zero-order chi connectivity index (χ0) is 14.5. The lowest BCUT2D eigenvalue weighted by atomic mass is 10.1. The molecule has 0 saturated carbocycles. The van der Waals surface area contributed by atoms with Crippen LogP contribution in [0.15, 0.2) is 18.2 Å². The number of aryl methyl sites for hydroxylation is 1. The van der Waals surface area contributed by atoms with Crippen LogP contribution in [0.25, 0.3) is 0 Å². The van der Waals surface area contributed by atoms with Crippen LogP contribution < -0.4 is 15.4 Å². The van der Waals surface area contributed by atoms with Gasteiger partial charge >= 0.3 is 0 Å². The van der Waals surface area contributed by atoms with E-state index in [0.717, 1.165) is 16.9 Å². The van der Waals surface area contributed by atoms with Crippen molar-refractivity contribution in [3.8, 4) is 5.75 Å². The lowest BCUT2D eigenvalue weighted by molar-refractivity contribution is -0.129. The summed E-state index contributed by atoms with van der Waals surface area (Å²) < 4.78 is 10.8. The molecule has 1 aromatic rings. The first-order chi connectivity index (χ1) is 9.61. The number of ether oxygens (including phenoxy) is 2. The Labute approximate surface area is 119 Å². The minimum Gasteiger partial charge on any atom is -0.496 e. The van der Waals surface area contributed by atoms with Crippen LogP contribution in [0.4, 0.5) is 0 Å². The summed E-state index contributed by atoms with van der Waals surface area (Å²) in [6.07, 6.45) is -0.108. The third-order valence-electron chi connectivity index (χ3n) is 3.49. The highest BCUT2D eigenvalue weighted by Crippen LogP contribution is 2.19. The fourth-order valence-electron chi connectivity index (χ4n) is 2.32. The Balaban J connectivity index is 1.96. The first kappa shape index (κ1) is 14.8. The van der Waals surface area contributed by atoms with E-state index in [2.05, 4.69) is 10.6 Å². The predicted octanol–water partition coefficient (Wildman–Crippen LogP) is 0.997. The highest BCUT2D eigenvalue weighted by atomic mass is 16.5. The van der Waals surface area contributed by atoms with Gasteiger partial charge in [0, 0.05) is 18.7 Å². The molecule has 1 heterocycles. The molecule has 1 fully saturated rings. The van der Waals surface area contributed by atoms with E-state index in [-0.39, 0.29) is 18.1 Å². The number of morpholine rings is 1. The normalized spacial score (nSPS) is 22.4. The van der Waals surface area contributed by atoms with Gasteiger partial charge in [-0.1, -0.05) is 12.1 Å². The fraction of sp³-hybridized carbons (Fsp3) is 0.533. The van der Waals surface area contributed by atoms with E-state index in [0.29, 0.717) is 19.7 Å². The SMILES string of the molecule is COc1cc(C)ccc1CNC(=O)[C@H]1NCCO[C@@H]1C. The molecule has 1 saturated heterocycles. The quantitative estimate of drug-likeness (QED) is 0.862. The van der Waals surface area contributed by atoms with E-state index in [9.17, 15) is 4.79 Å². The Kier molecular flexibility index (Phi) is 4.98. The van der Waals surface area contributed by atoms with Gasteiger partial charge in [-0.2, -0.15) is 0 Å². The van der Waals surface area contributed by atoms with Crippen LogP contribution in [0.2, 0.25) is 0 Å². The van der Waals surface area contributed by atoms with Crippen LogP contribution in [-0.4, -0.2) is 38.3 Å². The maximum absolute atomic E-state index is 12.2. The number of benzene rings is 1. The van der Waals surface area contributed by atoms with Gasteiger partial charge in [0.1, 0.15) is 11.8 Å². The van der Waals surface area contributed by atoms with Gasteiger partial charge in [-0.05, 0) is 25.5 Å². The molecular formula is C15H22N2O3. The van der Waals surface area contributed by atoms with Crippen molar-refractivity contribution in [2.45, 2.75) is 32.5 Å². The Morgan fingerprint density at radius 2 is 2.35 bits per heavy atom. The number of carbonyl (C=O) groups is 1. The van der Waals surface area contributed by atoms with Crippen LogP contribution in [0.3, 0.4) is 0 Å². The molecule has 0 unspecified atom stereocenters. The van der Waals surface area contributed by atoms with Gasteiger partial charge in [-0.3, -0.25) is 4.79 Å². The molecule has 0 aromatic heterocycles. The molecule has 0 aliphatic carbocycles. The third-order valence-corrected chi connectivity index (χ3v) is 3.49. The molecule has 5 nitrogen and oxygen atoms in total. The average Bonchev–Trinajstić information content (AvgIpc) is 2.46. The standard InChI is InChI=1S/C15H22N2O3/c1-10-4-5-12(13(8-10)19-3)9-17-15(18)14-11(2)20-7-6-16-14/h4-5,8,11,14,16H,6-7,9H2,1-3H3,(H,17,18)/t11-,14+/m1/s1. The second-order valence-corrected chi connectivity index (χ2v) is 5.04. The first-order valence-corrected chi connectivity index (χ1v) is 6.88. The maximum atomic E-state index is 12.2. The highest BCUT2D eigenvalue weighted by Gasteiger charge is 2.28. The molecule has 110 valence electrons. The fourth-order valence-corrected chi connectivity index (χ4v) is 2.32. The molecule has 5 heteroatoms. The largest absolute Gasteiger partial charge is 0.496 e. The summed E-state index contributed by atoms with van der Waals surface area (Å²) in [4.78, 5) is 12.2. The topological polar surface area (TPSA) is 59.6 Å². The van der Waals surface area contributed by atoms with Crippen LogP contribution >= 0.6 is 0 Å². The Hall–Kier alpha value is -1.59. The number of methoxy groups -OCH3 is 1. The zero-order valence-electron chi connectivity index (χ0n) is 12.2. The number of carbonyl (C=O) groups excluding carboxylic acids is 1. The Morgan fingerprint density at radius 3 is 3.05 bits per heavy atom. The Morgan fingerprint density at radius 1 is 1.55 bits per heavy atom. The smallest absolute Gasteiger partial charge is 0.240 e. The summed E-state index contributed by atoms with van der Waals surface area (Å²) in [5.74, 6) is 0.756. The molecule has 2 N–H and O–H groups in total. The molecule has 2 rings (SSSR count). The van der Waals surface area contributed by atoms with Crippen molar-refractivity contribution in [3.05, 3.63) is 29.3 Å². The van der Waals surface area contributed by atoms with Gasteiger partial charge in [-0.15, -0.1) is 0 Å². The van der Waals surface area contributed by atoms with Crippen molar-refractivity contribution < 1.29 is 14.3 Å². The number of rotatable bonds is 4. The van der Waals surface area contributed by atoms with Gasteiger partial charge in [0.15, 0.2) is 0 Å². The number of hydrogen-bond acceptors (Lipinski definition) is 4. The summed E-state index contributed by atoms with van der Waals surface area (Å²) in [6, 6.07) is 5.66. The Bertz CT molecular complexity index is 476.